The summed E-state index contributed by atoms with van der Waals surface area (Å²) in [6, 6.07) is 21.7. The minimum Gasteiger partial charge on any atom is -0.400 e. The van der Waals surface area contributed by atoms with Crippen LogP contribution in [0.15, 0.2) is 60.7 Å². The number of hydrogen-bond acceptors (Lipinski definition) is 5. The Kier molecular flexibility index (Phi) is 8.04. The van der Waals surface area contributed by atoms with Crippen LogP contribution >= 0.6 is 0 Å². The quantitative estimate of drug-likeness (QED) is 0.371. The summed E-state index contributed by atoms with van der Waals surface area (Å²) in [7, 11) is 0.938. The first kappa shape index (κ1) is 25.5. The van der Waals surface area contributed by atoms with Crippen LogP contribution in [-0.4, -0.2) is 42.7 Å². The molecule has 0 amide bonds. The first-order valence-corrected chi connectivity index (χ1v) is 14.4. The predicted molar refractivity (Wildman–Crippen MR) is 144 cm³/mol. The monoisotopic (exact) mass is 487 g/mol. The van der Waals surface area contributed by atoms with Crippen LogP contribution in [0, 0.1) is 0 Å². The third-order valence-electron chi connectivity index (χ3n) is 7.33. The van der Waals surface area contributed by atoms with E-state index < -0.39 is 8.32 Å². The Balaban J connectivity index is 1.58. The number of aromatic nitrogens is 3. The van der Waals surface area contributed by atoms with Crippen LogP contribution in [0.3, 0.4) is 0 Å². The van der Waals surface area contributed by atoms with E-state index in [4.69, 9.17) is 4.43 Å². The van der Waals surface area contributed by atoms with E-state index >= 15 is 0 Å². The van der Waals surface area contributed by atoms with Crippen molar-refractivity contribution in [3.8, 4) is 0 Å². The van der Waals surface area contributed by atoms with Gasteiger partial charge in [0.25, 0.3) is 15.7 Å². The van der Waals surface area contributed by atoms with Gasteiger partial charge in [0, 0.05) is 13.0 Å². The van der Waals surface area contributed by atoms with Crippen molar-refractivity contribution < 1.29 is 9.22 Å². The molecule has 4 rings (SSSR count). The van der Waals surface area contributed by atoms with Gasteiger partial charge in [0.2, 0.25) is 0 Å². The van der Waals surface area contributed by atoms with Crippen molar-refractivity contribution >= 4 is 32.3 Å². The van der Waals surface area contributed by atoms with Gasteiger partial charge >= 0.3 is 0 Å². The van der Waals surface area contributed by atoms with E-state index in [1.807, 2.05) is 0 Å². The molecule has 0 atom stereocenters. The van der Waals surface area contributed by atoms with Gasteiger partial charge in [0.05, 0.1) is 12.8 Å². The highest BCUT2D eigenvalue weighted by molar-refractivity contribution is 6.99. The molecule has 3 aromatic rings. The molecule has 0 aliphatic heterocycles. The van der Waals surface area contributed by atoms with Crippen LogP contribution in [0.5, 0.6) is 0 Å². The summed E-state index contributed by atoms with van der Waals surface area (Å²) >= 11 is 0. The summed E-state index contributed by atoms with van der Waals surface area (Å²) in [6.07, 6.45) is 4.93. The van der Waals surface area contributed by atoms with Gasteiger partial charge in [-0.1, -0.05) is 81.4 Å². The van der Waals surface area contributed by atoms with Crippen LogP contribution in [0.4, 0.5) is 0 Å². The molecular weight excluding hydrogens is 451 g/mol. The molecule has 1 radical (unpaired) electrons. The second-order valence-corrected chi connectivity index (χ2v) is 14.8. The molecule has 1 saturated carbocycles. The molecule has 1 aromatic heterocycles. The zero-order valence-corrected chi connectivity index (χ0v) is 22.3. The molecule has 8 heteroatoms. The van der Waals surface area contributed by atoms with E-state index in [9.17, 15) is 4.79 Å². The molecular formula is C27H36BN4O2Si. The molecule has 183 valence electrons. The fourth-order valence-corrected chi connectivity index (χ4v) is 9.99. The Hall–Kier alpha value is -2.55. The summed E-state index contributed by atoms with van der Waals surface area (Å²) in [5.74, 6) is 2.27. The second kappa shape index (κ2) is 11.0. The molecule has 1 fully saturated rings. The second-order valence-electron chi connectivity index (χ2n) is 10.5. The van der Waals surface area contributed by atoms with E-state index in [0.29, 0.717) is 18.6 Å². The molecule has 0 saturated heterocycles. The number of carbonyl (C=O) groups is 1. The third kappa shape index (κ3) is 5.34. The van der Waals surface area contributed by atoms with Crippen LogP contribution in [0.25, 0.3) is 0 Å². The van der Waals surface area contributed by atoms with Gasteiger partial charge in [-0.25, -0.2) is 0 Å². The molecule has 2 aromatic carbocycles. The number of hydrogen-bond donors (Lipinski definition) is 1. The molecule has 35 heavy (non-hydrogen) atoms. The minimum atomic E-state index is -2.63. The summed E-state index contributed by atoms with van der Waals surface area (Å²) in [5.41, 5.74) is 0. The zero-order valence-electron chi connectivity index (χ0n) is 21.3. The van der Waals surface area contributed by atoms with Crippen molar-refractivity contribution in [2.75, 3.05) is 0 Å². The van der Waals surface area contributed by atoms with Crippen molar-refractivity contribution in [2.24, 2.45) is 7.05 Å². The number of rotatable bonds is 9. The molecule has 1 aliphatic carbocycles. The molecule has 0 bridgehead atoms. The fraction of sp³-hybridized carbons (Fsp3) is 0.444. The van der Waals surface area contributed by atoms with Crippen LogP contribution in [0.2, 0.25) is 5.04 Å². The topological polar surface area (TPSA) is 69.0 Å². The van der Waals surface area contributed by atoms with E-state index in [1.165, 1.54) is 17.8 Å². The average molecular weight is 488 g/mol. The molecule has 0 unspecified atom stereocenters. The van der Waals surface area contributed by atoms with Crippen molar-refractivity contribution in [3.05, 3.63) is 72.3 Å². The maximum atomic E-state index is 10.6. The Labute approximate surface area is 210 Å². The van der Waals surface area contributed by atoms with Crippen LogP contribution in [0.1, 0.15) is 64.0 Å². The van der Waals surface area contributed by atoms with Gasteiger partial charge in [-0.2, -0.15) is 0 Å². The van der Waals surface area contributed by atoms with Gasteiger partial charge < -0.3 is 19.0 Å². The number of benzene rings is 2. The molecule has 0 spiro atoms. The SMILES string of the molecule is Cn1c(CO[Si](c2ccccc2)(c2ccccc2)C(C)(C)C)nnc1C1CCC(N[B]C=O)CC1. The normalized spacial score (nSPS) is 18.9. The summed E-state index contributed by atoms with van der Waals surface area (Å²) in [4.78, 5) is 10.6. The summed E-state index contributed by atoms with van der Waals surface area (Å²) in [6.45, 7) is 7.28. The largest absolute Gasteiger partial charge is 0.400 e. The van der Waals surface area contributed by atoms with Crippen molar-refractivity contribution in [2.45, 2.75) is 70.1 Å². The van der Waals surface area contributed by atoms with Gasteiger partial charge in [-0.3, -0.25) is 0 Å². The first-order chi connectivity index (χ1) is 16.9. The Morgan fingerprint density at radius 2 is 1.57 bits per heavy atom. The highest BCUT2D eigenvalue weighted by Gasteiger charge is 2.50. The highest BCUT2D eigenvalue weighted by Crippen LogP contribution is 2.37. The molecule has 1 N–H and O–H groups in total. The lowest BCUT2D eigenvalue weighted by molar-refractivity contribution is 0.271. The lowest BCUT2D eigenvalue weighted by atomic mass is 9.83. The summed E-state index contributed by atoms with van der Waals surface area (Å²) < 4.78 is 9.20. The molecule has 6 nitrogen and oxygen atoms in total. The maximum Gasteiger partial charge on any atom is 0.290 e. The fourth-order valence-electron chi connectivity index (χ4n) is 5.48. The Morgan fingerprint density at radius 1 is 1.00 bits per heavy atom. The molecule has 1 aliphatic rings. The van der Waals surface area contributed by atoms with Crippen LogP contribution < -0.4 is 15.6 Å². The zero-order chi connectivity index (χ0) is 24.9. The van der Waals surface area contributed by atoms with E-state index in [1.54, 1.807) is 0 Å². The van der Waals surface area contributed by atoms with Gasteiger partial charge in [-0.15, -0.1) is 10.2 Å². The highest BCUT2D eigenvalue weighted by atomic mass is 28.4. The average Bonchev–Trinajstić information content (AvgIpc) is 3.24. The number of nitrogens with one attached hydrogen (secondary N) is 1. The summed E-state index contributed by atoms with van der Waals surface area (Å²) in [5, 5.41) is 14.8. The van der Waals surface area contributed by atoms with Crippen molar-refractivity contribution in [1.82, 2.24) is 20.0 Å². The predicted octanol–water partition coefficient (Wildman–Crippen LogP) is 3.32. The Morgan fingerprint density at radius 3 is 2.09 bits per heavy atom. The van der Waals surface area contributed by atoms with Gasteiger partial charge in [0.1, 0.15) is 5.82 Å². The third-order valence-corrected chi connectivity index (χ3v) is 12.3. The van der Waals surface area contributed by atoms with Crippen LogP contribution in [-0.2, 0) is 22.9 Å². The maximum absolute atomic E-state index is 10.6. The van der Waals surface area contributed by atoms with E-state index in [2.05, 4.69) is 108 Å². The smallest absolute Gasteiger partial charge is 0.290 e. The first-order valence-electron chi connectivity index (χ1n) is 12.5. The van der Waals surface area contributed by atoms with Gasteiger partial charge in [0.15, 0.2) is 5.82 Å². The molecule has 1 heterocycles. The van der Waals surface area contributed by atoms with Crippen molar-refractivity contribution in [3.63, 3.8) is 0 Å². The van der Waals surface area contributed by atoms with E-state index in [0.717, 1.165) is 43.5 Å². The number of nitrogens with zero attached hydrogens (tertiary/aromatic N) is 3. The Bertz CT molecular complexity index is 1050. The van der Waals surface area contributed by atoms with Crippen molar-refractivity contribution in [1.29, 1.82) is 0 Å². The van der Waals surface area contributed by atoms with Gasteiger partial charge in [-0.05, 0) is 47.1 Å². The number of carbonyl (C=O) groups excluding carboxylic acids is 1. The lowest BCUT2D eigenvalue weighted by Gasteiger charge is -2.42. The minimum absolute atomic E-state index is 0.0823. The van der Waals surface area contributed by atoms with E-state index in [-0.39, 0.29) is 5.04 Å². The standard InChI is InChI=1S/C27H36BN4O2Si/c1-27(2,3)35(23-11-7-5-8-12-23,24-13-9-6-10-14-24)34-19-25-30-31-26(32(25)4)21-15-17-22(18-16-21)29-28-20-33/h5-14,20-22,29H,15-19H2,1-4H3. The lowest BCUT2D eigenvalue weighted by Crippen LogP contribution is -2.66.